The molecule has 0 aliphatic carbocycles. The van der Waals surface area contributed by atoms with Crippen molar-refractivity contribution in [3.05, 3.63) is 28.5 Å². The Morgan fingerprint density at radius 2 is 2.23 bits per heavy atom. The second-order valence-electron chi connectivity index (χ2n) is 2.24. The van der Waals surface area contributed by atoms with E-state index in [-0.39, 0.29) is 5.96 Å². The average Bonchev–Trinajstić information content (AvgIpc) is 2.11. The molecule has 0 aliphatic rings. The number of halogens is 2. The molecule has 0 heterocycles. The third-order valence-electron chi connectivity index (χ3n) is 1.30. The second-order valence-corrected chi connectivity index (χ2v) is 3.09. The molecule has 0 unspecified atom stereocenters. The summed E-state index contributed by atoms with van der Waals surface area (Å²) in [7, 11) is 0. The first-order chi connectivity index (χ1) is 6.13. The summed E-state index contributed by atoms with van der Waals surface area (Å²) in [6.45, 7) is 0. The normalized spacial score (nSPS) is 11.5. The fraction of sp³-hybridized carbons (Fsp3) is 0. The van der Waals surface area contributed by atoms with Crippen molar-refractivity contribution >= 4 is 27.6 Å². The van der Waals surface area contributed by atoms with Crippen LogP contribution in [-0.2, 0) is 0 Å². The molecule has 0 bridgehead atoms. The lowest BCUT2D eigenvalue weighted by atomic mass is 10.3. The van der Waals surface area contributed by atoms with Crippen LogP contribution in [0.25, 0.3) is 0 Å². The summed E-state index contributed by atoms with van der Waals surface area (Å²) in [6, 6.07) is 4.39. The van der Waals surface area contributed by atoms with Gasteiger partial charge in [-0.25, -0.2) is 15.2 Å². The molecule has 5 N–H and O–H groups in total. The smallest absolute Gasteiger partial charge is 0.208 e. The Morgan fingerprint density at radius 1 is 1.54 bits per heavy atom. The molecule has 0 aliphatic heterocycles. The number of guanidine groups is 1. The van der Waals surface area contributed by atoms with Crippen molar-refractivity contribution in [1.82, 2.24) is 5.43 Å². The molecule has 0 radical (unpaired) electrons. The molecule has 6 heteroatoms. The largest absolute Gasteiger partial charge is 0.369 e. The highest BCUT2D eigenvalue weighted by atomic mass is 79.9. The van der Waals surface area contributed by atoms with Gasteiger partial charge in [0.25, 0.3) is 0 Å². The van der Waals surface area contributed by atoms with Gasteiger partial charge in [0.2, 0.25) is 5.96 Å². The molecule has 4 nitrogen and oxygen atoms in total. The molecule has 1 rings (SSSR count). The van der Waals surface area contributed by atoms with E-state index < -0.39 is 5.82 Å². The van der Waals surface area contributed by atoms with Crippen molar-refractivity contribution in [2.45, 2.75) is 0 Å². The standard InChI is InChI=1S/C7H8BrFN4/c8-5-2-1-4(3-6(5)9)12-7(10)13-11/h1-3H,11H2,(H3,10,12,13). The molecular formula is C7H8BrFN4. The fourth-order valence-corrected chi connectivity index (χ4v) is 0.973. The molecule has 70 valence electrons. The maximum absolute atomic E-state index is 12.9. The lowest BCUT2D eigenvalue weighted by Gasteiger charge is -1.99. The molecule has 13 heavy (non-hydrogen) atoms. The Hall–Kier alpha value is -1.14. The number of hydrazine groups is 1. The topological polar surface area (TPSA) is 76.4 Å². The van der Waals surface area contributed by atoms with Crippen LogP contribution in [0.2, 0.25) is 0 Å². The summed E-state index contributed by atoms with van der Waals surface area (Å²) in [5.41, 5.74) is 7.81. The van der Waals surface area contributed by atoms with Gasteiger partial charge in [-0.1, -0.05) is 0 Å². The minimum atomic E-state index is -0.397. The first-order valence-electron chi connectivity index (χ1n) is 3.39. The number of benzene rings is 1. The van der Waals surface area contributed by atoms with Crippen LogP contribution in [0.15, 0.2) is 27.7 Å². The lowest BCUT2D eigenvalue weighted by molar-refractivity contribution is 0.621. The van der Waals surface area contributed by atoms with Crippen molar-refractivity contribution in [3.8, 4) is 0 Å². The number of nitrogens with zero attached hydrogens (tertiary/aromatic N) is 1. The van der Waals surface area contributed by atoms with E-state index in [0.717, 1.165) is 0 Å². The maximum atomic E-state index is 12.9. The summed E-state index contributed by atoms with van der Waals surface area (Å²) in [5.74, 6) is 4.61. The zero-order valence-electron chi connectivity index (χ0n) is 6.59. The van der Waals surface area contributed by atoms with Crippen molar-refractivity contribution in [3.63, 3.8) is 0 Å². The second kappa shape index (κ2) is 4.20. The van der Waals surface area contributed by atoms with Crippen molar-refractivity contribution in [1.29, 1.82) is 0 Å². The summed E-state index contributed by atoms with van der Waals surface area (Å²) in [4.78, 5) is 3.78. The highest BCUT2D eigenvalue weighted by molar-refractivity contribution is 9.10. The molecule has 0 amide bonds. The van der Waals surface area contributed by atoms with E-state index >= 15 is 0 Å². The molecule has 0 aromatic heterocycles. The number of aliphatic imine (C=N–C) groups is 1. The van der Waals surface area contributed by atoms with Crippen LogP contribution in [-0.4, -0.2) is 5.96 Å². The van der Waals surface area contributed by atoms with Crippen LogP contribution in [0.3, 0.4) is 0 Å². The van der Waals surface area contributed by atoms with Crippen LogP contribution in [0, 0.1) is 5.82 Å². The quantitative estimate of drug-likeness (QED) is 0.300. The van der Waals surface area contributed by atoms with E-state index in [4.69, 9.17) is 11.6 Å². The van der Waals surface area contributed by atoms with Crippen LogP contribution in [0.1, 0.15) is 0 Å². The molecule has 0 saturated carbocycles. The lowest BCUT2D eigenvalue weighted by Crippen LogP contribution is -2.36. The van der Waals surface area contributed by atoms with Crippen molar-refractivity contribution in [2.75, 3.05) is 0 Å². The number of rotatable bonds is 1. The van der Waals surface area contributed by atoms with Crippen LogP contribution in [0.5, 0.6) is 0 Å². The zero-order valence-corrected chi connectivity index (χ0v) is 8.18. The Morgan fingerprint density at radius 3 is 2.77 bits per heavy atom. The van der Waals surface area contributed by atoms with E-state index in [2.05, 4.69) is 26.3 Å². The summed E-state index contributed by atoms with van der Waals surface area (Å²) >= 11 is 3.02. The van der Waals surface area contributed by atoms with Gasteiger partial charge in [0.05, 0.1) is 10.2 Å². The van der Waals surface area contributed by atoms with E-state index in [1.807, 2.05) is 0 Å². The van der Waals surface area contributed by atoms with Crippen molar-refractivity contribution < 1.29 is 4.39 Å². The van der Waals surface area contributed by atoms with Gasteiger partial charge in [0, 0.05) is 6.07 Å². The number of hydrogen-bond acceptors (Lipinski definition) is 2. The number of nitrogens with one attached hydrogen (secondary N) is 1. The van der Waals surface area contributed by atoms with Gasteiger partial charge in [-0.05, 0) is 28.1 Å². The number of nitrogens with two attached hydrogens (primary N) is 2. The summed E-state index contributed by atoms with van der Waals surface area (Å²) in [6.07, 6.45) is 0. The van der Waals surface area contributed by atoms with Crippen LogP contribution >= 0.6 is 15.9 Å². The average molecular weight is 247 g/mol. The first-order valence-corrected chi connectivity index (χ1v) is 4.18. The van der Waals surface area contributed by atoms with Gasteiger partial charge in [0.1, 0.15) is 5.82 Å². The third-order valence-corrected chi connectivity index (χ3v) is 1.94. The predicted octanol–water partition coefficient (Wildman–Crippen LogP) is 0.998. The molecule has 1 aromatic rings. The zero-order chi connectivity index (χ0) is 9.84. The molecule has 0 saturated heterocycles. The van der Waals surface area contributed by atoms with Gasteiger partial charge < -0.3 is 5.73 Å². The van der Waals surface area contributed by atoms with Crippen molar-refractivity contribution in [2.24, 2.45) is 16.6 Å². The monoisotopic (exact) mass is 246 g/mol. The SMILES string of the molecule is NNC(N)=Nc1ccc(Br)c(F)c1. The molecule has 0 spiro atoms. The fourth-order valence-electron chi connectivity index (χ4n) is 0.726. The Balaban J connectivity index is 2.98. The van der Waals surface area contributed by atoms with E-state index in [9.17, 15) is 4.39 Å². The summed E-state index contributed by atoms with van der Waals surface area (Å²) in [5, 5.41) is 0. The van der Waals surface area contributed by atoms with E-state index in [1.165, 1.54) is 12.1 Å². The Labute approximate surface area is 82.9 Å². The van der Waals surface area contributed by atoms with Gasteiger partial charge in [-0.3, -0.25) is 5.43 Å². The minimum Gasteiger partial charge on any atom is -0.369 e. The number of hydrogen-bond donors (Lipinski definition) is 3. The van der Waals surface area contributed by atoms with Crippen LogP contribution in [0.4, 0.5) is 10.1 Å². The highest BCUT2D eigenvalue weighted by Crippen LogP contribution is 2.20. The Kier molecular flexibility index (Phi) is 3.21. The van der Waals surface area contributed by atoms with Gasteiger partial charge in [-0.15, -0.1) is 0 Å². The van der Waals surface area contributed by atoms with Crippen LogP contribution < -0.4 is 17.0 Å². The summed E-state index contributed by atoms with van der Waals surface area (Å²) < 4.78 is 13.3. The minimum absolute atomic E-state index is 0.0294. The van der Waals surface area contributed by atoms with Gasteiger partial charge in [0.15, 0.2) is 0 Å². The van der Waals surface area contributed by atoms with E-state index in [1.54, 1.807) is 6.07 Å². The first kappa shape index (κ1) is 9.94. The highest BCUT2D eigenvalue weighted by Gasteiger charge is 1.99. The maximum Gasteiger partial charge on any atom is 0.208 e. The Bertz CT molecular complexity index is 339. The molecule has 0 fully saturated rings. The van der Waals surface area contributed by atoms with Gasteiger partial charge in [-0.2, -0.15) is 0 Å². The van der Waals surface area contributed by atoms with E-state index in [0.29, 0.717) is 10.2 Å². The molecule has 1 aromatic carbocycles. The van der Waals surface area contributed by atoms with Gasteiger partial charge >= 0.3 is 0 Å². The predicted molar refractivity (Wildman–Crippen MR) is 52.7 cm³/mol. The molecular weight excluding hydrogens is 239 g/mol. The molecule has 0 atom stereocenters. The third kappa shape index (κ3) is 2.67.